The molecule has 0 aromatic carbocycles. The van der Waals surface area contributed by atoms with Crippen LogP contribution in [0.1, 0.15) is 34.1 Å². The van der Waals surface area contributed by atoms with E-state index in [9.17, 15) is 4.79 Å². The van der Waals surface area contributed by atoms with Gasteiger partial charge in [0.1, 0.15) is 0 Å². The molecule has 1 amide bonds. The third-order valence-electron chi connectivity index (χ3n) is 2.19. The Labute approximate surface area is 108 Å². The zero-order chi connectivity index (χ0) is 12.9. The van der Waals surface area contributed by atoms with Crippen molar-refractivity contribution < 1.29 is 4.79 Å². The molecule has 98 valence electrons. The third kappa shape index (κ3) is 6.56. The molecule has 1 rings (SSSR count). The summed E-state index contributed by atoms with van der Waals surface area (Å²) in [4.78, 5) is 16.0. The van der Waals surface area contributed by atoms with Gasteiger partial charge in [0.25, 0.3) is 0 Å². The zero-order valence-corrected chi connectivity index (χ0v) is 12.0. The number of thioether (sulfide) groups is 1. The Morgan fingerprint density at radius 2 is 2.24 bits per heavy atom. The summed E-state index contributed by atoms with van der Waals surface area (Å²) in [6.07, 6.45) is 0.492. The number of carbonyl (C=O) groups is 1. The van der Waals surface area contributed by atoms with Gasteiger partial charge in [0.2, 0.25) is 5.91 Å². The lowest BCUT2D eigenvalue weighted by molar-refractivity contribution is -0.122. The summed E-state index contributed by atoms with van der Waals surface area (Å²) in [5, 5.41) is 7.13. The number of aliphatic imine (C=N–C) groups is 1. The number of rotatable bonds is 3. The topological polar surface area (TPSA) is 53.5 Å². The van der Waals surface area contributed by atoms with Crippen molar-refractivity contribution in [3.05, 3.63) is 0 Å². The SMILES string of the molecule is CC1CN=C(NCCC(=O)NC(C)(C)C)SC1. The fourth-order valence-electron chi connectivity index (χ4n) is 1.43. The second-order valence-electron chi connectivity index (χ2n) is 5.54. The molecule has 17 heavy (non-hydrogen) atoms. The lowest BCUT2D eigenvalue weighted by Gasteiger charge is -2.21. The first-order chi connectivity index (χ1) is 7.87. The minimum Gasteiger partial charge on any atom is -0.364 e. The third-order valence-corrected chi connectivity index (χ3v) is 3.48. The summed E-state index contributed by atoms with van der Waals surface area (Å²) in [5.41, 5.74) is -0.149. The Morgan fingerprint density at radius 1 is 1.53 bits per heavy atom. The normalized spacial score (nSPS) is 20.7. The van der Waals surface area contributed by atoms with Crippen LogP contribution in [0.15, 0.2) is 4.99 Å². The van der Waals surface area contributed by atoms with Crippen molar-refractivity contribution in [1.29, 1.82) is 0 Å². The molecule has 1 atom stereocenters. The van der Waals surface area contributed by atoms with Crippen LogP contribution in [0.25, 0.3) is 0 Å². The molecule has 0 fully saturated rings. The van der Waals surface area contributed by atoms with Crippen LogP contribution in [0.2, 0.25) is 0 Å². The quantitative estimate of drug-likeness (QED) is 0.808. The second kappa shape index (κ2) is 6.28. The maximum absolute atomic E-state index is 11.6. The van der Waals surface area contributed by atoms with Crippen LogP contribution in [0.5, 0.6) is 0 Å². The maximum Gasteiger partial charge on any atom is 0.222 e. The first kappa shape index (κ1) is 14.4. The van der Waals surface area contributed by atoms with Crippen molar-refractivity contribution in [3.63, 3.8) is 0 Å². The van der Waals surface area contributed by atoms with Crippen LogP contribution in [-0.2, 0) is 4.79 Å². The Balaban J connectivity index is 2.18. The Hall–Kier alpha value is -0.710. The highest BCUT2D eigenvalue weighted by Gasteiger charge is 2.14. The van der Waals surface area contributed by atoms with Gasteiger partial charge in [-0.1, -0.05) is 18.7 Å². The highest BCUT2D eigenvalue weighted by molar-refractivity contribution is 8.13. The second-order valence-corrected chi connectivity index (χ2v) is 6.55. The van der Waals surface area contributed by atoms with Gasteiger partial charge in [-0.15, -0.1) is 0 Å². The van der Waals surface area contributed by atoms with Gasteiger partial charge in [0.05, 0.1) is 0 Å². The Kier molecular flexibility index (Phi) is 5.31. The zero-order valence-electron chi connectivity index (χ0n) is 11.2. The number of nitrogens with zero attached hydrogens (tertiary/aromatic N) is 1. The first-order valence-electron chi connectivity index (χ1n) is 6.09. The molecule has 1 unspecified atom stereocenters. The van der Waals surface area contributed by atoms with E-state index in [0.29, 0.717) is 18.9 Å². The van der Waals surface area contributed by atoms with Gasteiger partial charge in [-0.25, -0.2) is 0 Å². The largest absolute Gasteiger partial charge is 0.364 e. The summed E-state index contributed by atoms with van der Waals surface area (Å²) in [7, 11) is 0. The molecule has 4 nitrogen and oxygen atoms in total. The van der Waals surface area contributed by atoms with Gasteiger partial charge in [-0.2, -0.15) is 0 Å². The average Bonchev–Trinajstić information content (AvgIpc) is 2.18. The molecule has 5 heteroatoms. The van der Waals surface area contributed by atoms with Crippen molar-refractivity contribution in [2.24, 2.45) is 10.9 Å². The number of hydrogen-bond acceptors (Lipinski definition) is 4. The van der Waals surface area contributed by atoms with Crippen molar-refractivity contribution in [3.8, 4) is 0 Å². The molecule has 0 radical (unpaired) electrons. The minimum absolute atomic E-state index is 0.0831. The molecule has 0 saturated carbocycles. The highest BCUT2D eigenvalue weighted by Crippen LogP contribution is 2.15. The molecule has 1 aliphatic rings. The molecule has 0 aromatic rings. The molecule has 0 aromatic heterocycles. The lowest BCUT2D eigenvalue weighted by atomic mass is 10.1. The van der Waals surface area contributed by atoms with E-state index in [1.54, 1.807) is 11.8 Å². The minimum atomic E-state index is -0.149. The van der Waals surface area contributed by atoms with E-state index >= 15 is 0 Å². The molecule has 0 aliphatic carbocycles. The molecule has 0 spiro atoms. The van der Waals surface area contributed by atoms with Gasteiger partial charge in [0.15, 0.2) is 5.17 Å². The number of amides is 1. The van der Waals surface area contributed by atoms with Gasteiger partial charge in [0, 0.05) is 30.8 Å². The maximum atomic E-state index is 11.6. The van der Waals surface area contributed by atoms with Gasteiger partial charge < -0.3 is 10.6 Å². The van der Waals surface area contributed by atoms with Crippen molar-refractivity contribution in [2.75, 3.05) is 18.8 Å². The van der Waals surface area contributed by atoms with Crippen molar-refractivity contribution in [2.45, 2.75) is 39.7 Å². The number of nitrogens with one attached hydrogen (secondary N) is 2. The van der Waals surface area contributed by atoms with Crippen molar-refractivity contribution in [1.82, 2.24) is 10.6 Å². The van der Waals surface area contributed by atoms with Crippen LogP contribution >= 0.6 is 11.8 Å². The number of hydrogen-bond donors (Lipinski definition) is 2. The van der Waals surface area contributed by atoms with E-state index < -0.39 is 0 Å². The average molecular weight is 257 g/mol. The molecule has 0 bridgehead atoms. The van der Waals surface area contributed by atoms with Crippen LogP contribution < -0.4 is 10.6 Å². The smallest absolute Gasteiger partial charge is 0.222 e. The standard InChI is InChI=1S/C12H23N3OS/c1-9-7-14-11(17-8-9)13-6-5-10(16)15-12(2,3)4/h9H,5-8H2,1-4H3,(H,13,14)(H,15,16). The van der Waals surface area contributed by atoms with E-state index in [-0.39, 0.29) is 11.4 Å². The predicted octanol–water partition coefficient (Wildman–Crippen LogP) is 1.62. The Bertz CT molecular complexity index is 297. The van der Waals surface area contributed by atoms with Crippen LogP contribution in [0.3, 0.4) is 0 Å². The summed E-state index contributed by atoms with van der Waals surface area (Å²) < 4.78 is 0. The Morgan fingerprint density at radius 3 is 2.76 bits per heavy atom. The van der Waals surface area contributed by atoms with Crippen LogP contribution in [0.4, 0.5) is 0 Å². The summed E-state index contributed by atoms with van der Waals surface area (Å²) in [6, 6.07) is 0. The number of carbonyl (C=O) groups excluding carboxylic acids is 1. The fourth-order valence-corrected chi connectivity index (χ4v) is 2.35. The summed E-state index contributed by atoms with van der Waals surface area (Å²) in [5.74, 6) is 1.86. The van der Waals surface area contributed by atoms with Gasteiger partial charge in [-0.05, 0) is 26.7 Å². The monoisotopic (exact) mass is 257 g/mol. The molecule has 0 saturated heterocycles. The van der Waals surface area contributed by atoms with Crippen LogP contribution in [0, 0.1) is 5.92 Å². The molecule has 1 aliphatic heterocycles. The molecular formula is C12H23N3OS. The molecule has 2 N–H and O–H groups in total. The van der Waals surface area contributed by atoms with Gasteiger partial charge in [-0.3, -0.25) is 9.79 Å². The van der Waals surface area contributed by atoms with E-state index in [1.165, 1.54) is 0 Å². The fraction of sp³-hybridized carbons (Fsp3) is 0.833. The molecule has 1 heterocycles. The summed E-state index contributed by atoms with van der Waals surface area (Å²) >= 11 is 1.74. The molecular weight excluding hydrogens is 234 g/mol. The lowest BCUT2D eigenvalue weighted by Crippen LogP contribution is -2.42. The van der Waals surface area contributed by atoms with Gasteiger partial charge >= 0.3 is 0 Å². The van der Waals surface area contributed by atoms with E-state index in [4.69, 9.17) is 0 Å². The first-order valence-corrected chi connectivity index (χ1v) is 7.07. The van der Waals surface area contributed by atoms with E-state index in [2.05, 4.69) is 22.5 Å². The highest BCUT2D eigenvalue weighted by atomic mass is 32.2. The predicted molar refractivity (Wildman–Crippen MR) is 74.4 cm³/mol. The number of amidine groups is 1. The van der Waals surface area contributed by atoms with Crippen LogP contribution in [-0.4, -0.2) is 35.5 Å². The van der Waals surface area contributed by atoms with E-state index in [1.807, 2.05) is 20.8 Å². The van der Waals surface area contributed by atoms with E-state index in [0.717, 1.165) is 17.5 Å². The van der Waals surface area contributed by atoms with Crippen molar-refractivity contribution >= 4 is 22.8 Å². The summed E-state index contributed by atoms with van der Waals surface area (Å²) in [6.45, 7) is 9.71.